The number of rotatable bonds is 5. The number of anilines is 1. The van der Waals surface area contributed by atoms with Gasteiger partial charge in [-0.3, -0.25) is 14.5 Å². The first kappa shape index (κ1) is 15.0. The molecule has 0 aliphatic heterocycles. The summed E-state index contributed by atoms with van der Waals surface area (Å²) in [7, 11) is -3.70. The molecule has 0 saturated carbocycles. The van der Waals surface area contributed by atoms with Gasteiger partial charge in [0.1, 0.15) is 4.90 Å². The van der Waals surface area contributed by atoms with Gasteiger partial charge in [0.2, 0.25) is 0 Å². The molecule has 1 aromatic carbocycles. The van der Waals surface area contributed by atoms with Gasteiger partial charge in [-0.05, 0) is 36.2 Å². The number of benzene rings is 1. The van der Waals surface area contributed by atoms with Crippen LogP contribution in [0.3, 0.4) is 0 Å². The van der Waals surface area contributed by atoms with Crippen molar-refractivity contribution in [3.05, 3.63) is 53.9 Å². The Morgan fingerprint density at radius 3 is 2.48 bits per heavy atom. The fraction of sp³-hybridized carbons (Fsp3) is 0.143. The zero-order valence-electron chi connectivity index (χ0n) is 11.3. The summed E-state index contributed by atoms with van der Waals surface area (Å²) < 4.78 is 26.8. The standard InChI is InChI=1S/C14H14N2O4S/c1-10-6-13(9-15-8-10)21(19,20)16-12-4-2-11(3-5-12)7-14(17)18/h2-6,8-9,16H,7H2,1H3,(H,17,18). The Balaban J connectivity index is 2.19. The zero-order chi connectivity index (χ0) is 15.5. The number of nitrogens with zero attached hydrogens (tertiary/aromatic N) is 1. The van der Waals surface area contributed by atoms with Crippen LogP contribution in [-0.2, 0) is 21.2 Å². The van der Waals surface area contributed by atoms with Gasteiger partial charge in [-0.25, -0.2) is 8.42 Å². The van der Waals surface area contributed by atoms with Crippen LogP contribution in [0.5, 0.6) is 0 Å². The van der Waals surface area contributed by atoms with Gasteiger partial charge in [0.15, 0.2) is 0 Å². The van der Waals surface area contributed by atoms with E-state index < -0.39 is 16.0 Å². The van der Waals surface area contributed by atoms with E-state index in [1.54, 1.807) is 25.3 Å². The number of carbonyl (C=O) groups is 1. The Kier molecular flexibility index (Phi) is 4.23. The summed E-state index contributed by atoms with van der Waals surface area (Å²) in [6.07, 6.45) is 2.74. The molecular formula is C14H14N2O4S. The average Bonchev–Trinajstić information content (AvgIpc) is 2.40. The molecule has 21 heavy (non-hydrogen) atoms. The number of aryl methyl sites for hydroxylation is 1. The van der Waals surface area contributed by atoms with Crippen molar-refractivity contribution >= 4 is 21.7 Å². The predicted molar refractivity (Wildman–Crippen MR) is 77.6 cm³/mol. The normalized spacial score (nSPS) is 11.1. The van der Waals surface area contributed by atoms with Crippen LogP contribution in [0.15, 0.2) is 47.6 Å². The first-order valence-corrected chi connectivity index (χ1v) is 7.60. The smallest absolute Gasteiger partial charge is 0.307 e. The van der Waals surface area contributed by atoms with Gasteiger partial charge in [0.25, 0.3) is 10.0 Å². The minimum Gasteiger partial charge on any atom is -0.481 e. The van der Waals surface area contributed by atoms with Gasteiger partial charge in [0, 0.05) is 18.1 Å². The number of carboxylic acids is 1. The van der Waals surface area contributed by atoms with Crippen molar-refractivity contribution in [3.63, 3.8) is 0 Å². The number of nitrogens with one attached hydrogen (secondary N) is 1. The third kappa shape index (κ3) is 4.03. The third-order valence-electron chi connectivity index (χ3n) is 2.72. The van der Waals surface area contributed by atoms with E-state index in [-0.39, 0.29) is 11.3 Å². The zero-order valence-corrected chi connectivity index (χ0v) is 12.1. The van der Waals surface area contributed by atoms with Crippen molar-refractivity contribution in [3.8, 4) is 0 Å². The number of hydrogen-bond donors (Lipinski definition) is 2. The molecule has 1 aromatic heterocycles. The fourth-order valence-electron chi connectivity index (χ4n) is 1.75. The van der Waals surface area contributed by atoms with Crippen molar-refractivity contribution in [2.75, 3.05) is 4.72 Å². The number of aromatic nitrogens is 1. The topological polar surface area (TPSA) is 96.4 Å². The summed E-state index contributed by atoms with van der Waals surface area (Å²) in [5.74, 6) is -0.936. The molecule has 2 N–H and O–H groups in total. The molecule has 2 aromatic rings. The van der Waals surface area contributed by atoms with E-state index in [0.717, 1.165) is 5.56 Å². The number of sulfonamides is 1. The minimum absolute atomic E-state index is 0.0807. The largest absolute Gasteiger partial charge is 0.481 e. The fourth-order valence-corrected chi connectivity index (χ4v) is 2.86. The Bertz CT molecular complexity index is 755. The second-order valence-electron chi connectivity index (χ2n) is 4.57. The number of pyridine rings is 1. The van der Waals surface area contributed by atoms with Crippen LogP contribution in [0, 0.1) is 6.92 Å². The van der Waals surface area contributed by atoms with Crippen molar-refractivity contribution in [2.24, 2.45) is 0 Å². The van der Waals surface area contributed by atoms with Gasteiger partial charge in [-0.2, -0.15) is 0 Å². The summed E-state index contributed by atoms with van der Waals surface area (Å²) >= 11 is 0. The van der Waals surface area contributed by atoms with E-state index in [4.69, 9.17) is 5.11 Å². The van der Waals surface area contributed by atoms with Crippen LogP contribution in [-0.4, -0.2) is 24.5 Å². The summed E-state index contributed by atoms with van der Waals surface area (Å²) in [6, 6.07) is 7.72. The molecular weight excluding hydrogens is 292 g/mol. The highest BCUT2D eigenvalue weighted by molar-refractivity contribution is 7.92. The molecule has 0 aliphatic rings. The summed E-state index contributed by atoms with van der Waals surface area (Å²) in [5, 5.41) is 8.68. The highest BCUT2D eigenvalue weighted by Gasteiger charge is 2.14. The van der Waals surface area contributed by atoms with Gasteiger partial charge in [0.05, 0.1) is 6.42 Å². The molecule has 1 heterocycles. The number of hydrogen-bond acceptors (Lipinski definition) is 4. The lowest BCUT2D eigenvalue weighted by Crippen LogP contribution is -2.13. The van der Waals surface area contributed by atoms with Crippen molar-refractivity contribution in [1.82, 2.24) is 4.98 Å². The molecule has 2 rings (SSSR count). The van der Waals surface area contributed by atoms with E-state index in [2.05, 4.69) is 9.71 Å². The van der Waals surface area contributed by atoms with Gasteiger partial charge in [-0.15, -0.1) is 0 Å². The van der Waals surface area contributed by atoms with Crippen LogP contribution in [0.1, 0.15) is 11.1 Å². The number of carboxylic acid groups (broad SMARTS) is 1. The second-order valence-corrected chi connectivity index (χ2v) is 6.25. The molecule has 0 bridgehead atoms. The summed E-state index contributed by atoms with van der Waals surface area (Å²) in [6.45, 7) is 1.76. The lowest BCUT2D eigenvalue weighted by Gasteiger charge is -2.08. The summed E-state index contributed by atoms with van der Waals surface area (Å²) in [4.78, 5) is 14.5. The van der Waals surface area contributed by atoms with E-state index in [1.165, 1.54) is 24.4 Å². The van der Waals surface area contributed by atoms with Crippen LogP contribution < -0.4 is 4.72 Å². The lowest BCUT2D eigenvalue weighted by atomic mass is 10.1. The van der Waals surface area contributed by atoms with E-state index in [9.17, 15) is 13.2 Å². The Morgan fingerprint density at radius 1 is 1.24 bits per heavy atom. The molecule has 0 atom stereocenters. The van der Waals surface area contributed by atoms with Gasteiger partial charge < -0.3 is 5.11 Å². The Morgan fingerprint density at radius 2 is 1.90 bits per heavy atom. The van der Waals surface area contributed by atoms with E-state index >= 15 is 0 Å². The SMILES string of the molecule is Cc1cncc(S(=O)(=O)Nc2ccc(CC(=O)O)cc2)c1. The second kappa shape index (κ2) is 5.92. The van der Waals surface area contributed by atoms with Crippen LogP contribution in [0.25, 0.3) is 0 Å². The quantitative estimate of drug-likeness (QED) is 0.878. The molecule has 6 nitrogen and oxygen atoms in total. The van der Waals surface area contributed by atoms with Gasteiger partial charge in [-0.1, -0.05) is 12.1 Å². The minimum atomic E-state index is -3.70. The summed E-state index contributed by atoms with van der Waals surface area (Å²) in [5.41, 5.74) is 1.71. The molecule has 110 valence electrons. The molecule has 7 heteroatoms. The van der Waals surface area contributed by atoms with E-state index in [0.29, 0.717) is 11.3 Å². The highest BCUT2D eigenvalue weighted by atomic mass is 32.2. The van der Waals surface area contributed by atoms with Crippen molar-refractivity contribution in [1.29, 1.82) is 0 Å². The highest BCUT2D eigenvalue weighted by Crippen LogP contribution is 2.17. The molecule has 0 spiro atoms. The number of aliphatic carboxylic acids is 1. The monoisotopic (exact) mass is 306 g/mol. The molecule has 0 aliphatic carbocycles. The molecule has 0 fully saturated rings. The van der Waals surface area contributed by atoms with Crippen LogP contribution in [0.4, 0.5) is 5.69 Å². The first-order valence-electron chi connectivity index (χ1n) is 6.12. The average molecular weight is 306 g/mol. The van der Waals surface area contributed by atoms with Crippen LogP contribution in [0.2, 0.25) is 0 Å². The van der Waals surface area contributed by atoms with Crippen LogP contribution >= 0.6 is 0 Å². The molecule has 0 saturated heterocycles. The van der Waals surface area contributed by atoms with Crippen molar-refractivity contribution in [2.45, 2.75) is 18.2 Å². The first-order chi connectivity index (χ1) is 9.87. The Hall–Kier alpha value is -2.41. The third-order valence-corrected chi connectivity index (χ3v) is 4.07. The Labute approximate surface area is 122 Å². The predicted octanol–water partition coefficient (Wildman–Crippen LogP) is 1.82. The molecule has 0 amide bonds. The maximum absolute atomic E-state index is 12.2. The van der Waals surface area contributed by atoms with Crippen molar-refractivity contribution < 1.29 is 18.3 Å². The van der Waals surface area contributed by atoms with E-state index in [1.807, 2.05) is 0 Å². The maximum Gasteiger partial charge on any atom is 0.307 e. The molecule has 0 radical (unpaired) electrons. The maximum atomic E-state index is 12.2. The molecule has 0 unspecified atom stereocenters. The lowest BCUT2D eigenvalue weighted by molar-refractivity contribution is -0.136. The van der Waals surface area contributed by atoms with Gasteiger partial charge >= 0.3 is 5.97 Å².